The van der Waals surface area contributed by atoms with Crippen molar-refractivity contribution in [3.05, 3.63) is 11.3 Å². The highest BCUT2D eigenvalue weighted by Crippen LogP contribution is 2.46. The number of hydrogen-bond donors (Lipinski definition) is 3. The lowest BCUT2D eigenvalue weighted by atomic mass is 9.88. The number of H-pyrrole nitrogens is 1. The van der Waals surface area contributed by atoms with E-state index < -0.39 is 5.60 Å². The standard InChI is InChI=1S/C20H31N5O3/c1-19(2,3)28-18(27)25-11-5-6-13(12-25)20(8-9-20)22-17(26)15-14-7-4-10-21-16(14)24-23-15/h13H,4-12H2,1-3H3,(H,22,26)(H2,21,23,24). The Hall–Kier alpha value is -2.25. The Morgan fingerprint density at radius 1 is 1.29 bits per heavy atom. The van der Waals surface area contributed by atoms with Gasteiger partial charge in [-0.25, -0.2) is 4.79 Å². The molecule has 3 N–H and O–H groups in total. The number of piperidine rings is 1. The highest BCUT2D eigenvalue weighted by Gasteiger charge is 2.52. The first-order valence-electron chi connectivity index (χ1n) is 10.4. The minimum absolute atomic E-state index is 0.0793. The van der Waals surface area contributed by atoms with E-state index in [1.165, 1.54) is 0 Å². The first kappa shape index (κ1) is 19.1. The molecule has 8 nitrogen and oxygen atoms in total. The molecule has 3 aliphatic rings. The molecule has 1 aliphatic carbocycles. The number of amides is 2. The summed E-state index contributed by atoms with van der Waals surface area (Å²) in [5.74, 6) is 0.981. The second-order valence-electron chi connectivity index (χ2n) is 9.33. The first-order valence-corrected chi connectivity index (χ1v) is 10.4. The lowest BCUT2D eigenvalue weighted by Gasteiger charge is -2.38. The van der Waals surface area contributed by atoms with E-state index >= 15 is 0 Å². The third-order valence-corrected chi connectivity index (χ3v) is 6.00. The van der Waals surface area contributed by atoms with Gasteiger partial charge >= 0.3 is 6.09 Å². The van der Waals surface area contributed by atoms with E-state index in [0.29, 0.717) is 12.2 Å². The quantitative estimate of drug-likeness (QED) is 0.738. The van der Waals surface area contributed by atoms with Crippen molar-refractivity contribution >= 4 is 17.8 Å². The van der Waals surface area contributed by atoms with Gasteiger partial charge in [-0.1, -0.05) is 0 Å². The second-order valence-corrected chi connectivity index (χ2v) is 9.33. The van der Waals surface area contributed by atoms with Crippen molar-refractivity contribution in [2.45, 2.75) is 70.4 Å². The molecule has 0 spiro atoms. The molecule has 0 aromatic carbocycles. The van der Waals surface area contributed by atoms with Gasteiger partial charge in [0.25, 0.3) is 5.91 Å². The van der Waals surface area contributed by atoms with Crippen LogP contribution in [0.3, 0.4) is 0 Å². The summed E-state index contributed by atoms with van der Waals surface area (Å²) in [6.45, 7) is 7.90. The molecule has 1 aromatic heterocycles. The Balaban J connectivity index is 1.42. The number of fused-ring (bicyclic) bond motifs is 1. The topological polar surface area (TPSA) is 99.4 Å². The van der Waals surface area contributed by atoms with Gasteiger partial charge in [0.05, 0.1) is 0 Å². The first-order chi connectivity index (χ1) is 13.3. The molecule has 0 radical (unpaired) electrons. The molecule has 8 heteroatoms. The zero-order chi connectivity index (χ0) is 19.9. The van der Waals surface area contributed by atoms with Gasteiger partial charge in [0.15, 0.2) is 5.82 Å². The Labute approximate surface area is 165 Å². The number of nitrogens with one attached hydrogen (secondary N) is 3. The normalized spacial score (nSPS) is 23.4. The van der Waals surface area contributed by atoms with Gasteiger partial charge in [-0.2, -0.15) is 5.10 Å². The minimum atomic E-state index is -0.497. The molecule has 1 unspecified atom stereocenters. The predicted octanol–water partition coefficient (Wildman–Crippen LogP) is 2.68. The number of nitrogens with zero attached hydrogens (tertiary/aromatic N) is 2. The van der Waals surface area contributed by atoms with Crippen LogP contribution in [0.2, 0.25) is 0 Å². The molecule has 2 amide bonds. The molecular formula is C20H31N5O3. The van der Waals surface area contributed by atoms with Crippen molar-refractivity contribution in [1.29, 1.82) is 0 Å². The van der Waals surface area contributed by atoms with Crippen molar-refractivity contribution in [2.75, 3.05) is 25.0 Å². The van der Waals surface area contributed by atoms with Crippen molar-refractivity contribution in [1.82, 2.24) is 20.4 Å². The number of likely N-dealkylation sites (tertiary alicyclic amines) is 1. The van der Waals surface area contributed by atoms with Crippen LogP contribution in [0.4, 0.5) is 10.6 Å². The number of carbonyl (C=O) groups excluding carboxylic acids is 2. The largest absolute Gasteiger partial charge is 0.444 e. The number of anilines is 1. The fourth-order valence-electron chi connectivity index (χ4n) is 4.39. The average molecular weight is 390 g/mol. The van der Waals surface area contributed by atoms with Crippen LogP contribution in [0.15, 0.2) is 0 Å². The SMILES string of the molecule is CC(C)(C)OC(=O)N1CCCC(C2(NC(=O)c3[nH]nc4c3CCCN4)CC2)C1. The third-order valence-electron chi connectivity index (χ3n) is 6.00. The fraction of sp³-hybridized carbons (Fsp3) is 0.750. The molecule has 1 saturated carbocycles. The Kier molecular flexibility index (Phi) is 4.75. The van der Waals surface area contributed by atoms with Crippen LogP contribution in [-0.2, 0) is 11.2 Å². The smallest absolute Gasteiger partial charge is 0.410 e. The van der Waals surface area contributed by atoms with E-state index in [1.807, 2.05) is 20.8 Å². The maximum absolute atomic E-state index is 13.0. The average Bonchev–Trinajstić information content (AvgIpc) is 3.29. The zero-order valence-electron chi connectivity index (χ0n) is 17.1. The van der Waals surface area contributed by atoms with Gasteiger partial charge in [0, 0.05) is 30.7 Å². The second kappa shape index (κ2) is 6.97. The highest BCUT2D eigenvalue weighted by molar-refractivity contribution is 5.95. The Morgan fingerprint density at radius 3 is 2.79 bits per heavy atom. The lowest BCUT2D eigenvalue weighted by Crippen LogP contribution is -2.51. The number of aromatic amines is 1. The van der Waals surface area contributed by atoms with Gasteiger partial charge in [-0.3, -0.25) is 9.89 Å². The molecule has 4 rings (SSSR count). The molecular weight excluding hydrogens is 358 g/mol. The molecule has 1 atom stereocenters. The van der Waals surface area contributed by atoms with E-state index in [9.17, 15) is 9.59 Å². The van der Waals surface area contributed by atoms with E-state index in [-0.39, 0.29) is 23.5 Å². The maximum Gasteiger partial charge on any atom is 0.410 e. The molecule has 28 heavy (non-hydrogen) atoms. The summed E-state index contributed by atoms with van der Waals surface area (Å²) in [6.07, 6.45) is 5.48. The molecule has 2 aliphatic heterocycles. The molecule has 1 saturated heterocycles. The summed E-state index contributed by atoms with van der Waals surface area (Å²) in [7, 11) is 0. The van der Waals surface area contributed by atoms with Crippen LogP contribution in [0, 0.1) is 5.92 Å². The molecule has 3 heterocycles. The Morgan fingerprint density at radius 2 is 2.07 bits per heavy atom. The Bertz CT molecular complexity index is 762. The van der Waals surface area contributed by atoms with Crippen molar-refractivity contribution < 1.29 is 14.3 Å². The summed E-state index contributed by atoms with van der Waals surface area (Å²) in [5, 5.41) is 13.7. The van der Waals surface area contributed by atoms with Gasteiger partial charge in [0.1, 0.15) is 11.3 Å². The number of rotatable bonds is 3. The number of hydrogen-bond acceptors (Lipinski definition) is 5. The molecule has 1 aromatic rings. The highest BCUT2D eigenvalue weighted by atomic mass is 16.6. The van der Waals surface area contributed by atoms with Crippen LogP contribution in [0.1, 0.15) is 68.9 Å². The van der Waals surface area contributed by atoms with Gasteiger partial charge < -0.3 is 20.3 Å². The number of aromatic nitrogens is 2. The van der Waals surface area contributed by atoms with Crippen LogP contribution in [-0.4, -0.2) is 57.9 Å². The molecule has 0 bridgehead atoms. The molecule has 154 valence electrons. The lowest BCUT2D eigenvalue weighted by molar-refractivity contribution is 0.0138. The predicted molar refractivity (Wildman–Crippen MR) is 105 cm³/mol. The van der Waals surface area contributed by atoms with E-state index in [2.05, 4.69) is 20.8 Å². The van der Waals surface area contributed by atoms with Crippen molar-refractivity contribution in [3.8, 4) is 0 Å². The van der Waals surface area contributed by atoms with Gasteiger partial charge in [-0.05, 0) is 65.2 Å². The van der Waals surface area contributed by atoms with Gasteiger partial charge in [0.2, 0.25) is 0 Å². The fourth-order valence-corrected chi connectivity index (χ4v) is 4.39. The third kappa shape index (κ3) is 3.82. The van der Waals surface area contributed by atoms with Crippen LogP contribution in [0.5, 0.6) is 0 Å². The van der Waals surface area contributed by atoms with E-state index in [4.69, 9.17) is 4.74 Å². The van der Waals surface area contributed by atoms with Crippen LogP contribution >= 0.6 is 0 Å². The monoisotopic (exact) mass is 389 g/mol. The van der Waals surface area contributed by atoms with Gasteiger partial charge in [-0.15, -0.1) is 0 Å². The minimum Gasteiger partial charge on any atom is -0.444 e. The maximum atomic E-state index is 13.0. The summed E-state index contributed by atoms with van der Waals surface area (Å²) in [5.41, 5.74) is 0.855. The summed E-state index contributed by atoms with van der Waals surface area (Å²) >= 11 is 0. The van der Waals surface area contributed by atoms with Crippen molar-refractivity contribution in [2.24, 2.45) is 5.92 Å². The summed E-state index contributed by atoms with van der Waals surface area (Å²) in [4.78, 5) is 27.2. The summed E-state index contributed by atoms with van der Waals surface area (Å²) < 4.78 is 5.54. The van der Waals surface area contributed by atoms with E-state index in [0.717, 1.165) is 63.0 Å². The summed E-state index contributed by atoms with van der Waals surface area (Å²) in [6, 6.07) is 0. The van der Waals surface area contributed by atoms with Crippen molar-refractivity contribution in [3.63, 3.8) is 0 Å². The number of carbonyl (C=O) groups is 2. The number of ether oxygens (including phenoxy) is 1. The van der Waals surface area contributed by atoms with E-state index in [1.54, 1.807) is 4.90 Å². The van der Waals surface area contributed by atoms with Crippen LogP contribution in [0.25, 0.3) is 0 Å². The van der Waals surface area contributed by atoms with Crippen LogP contribution < -0.4 is 10.6 Å². The zero-order valence-corrected chi connectivity index (χ0v) is 17.1. The molecule has 2 fully saturated rings.